The summed E-state index contributed by atoms with van der Waals surface area (Å²) in [4.78, 5) is 33.9. The van der Waals surface area contributed by atoms with Crippen molar-refractivity contribution in [2.24, 2.45) is 0 Å². The third-order valence-electron chi connectivity index (χ3n) is 5.15. The minimum Gasteiger partial charge on any atom is -0.379 e. The first kappa shape index (κ1) is 24.3. The van der Waals surface area contributed by atoms with Crippen LogP contribution in [0.25, 0.3) is 5.82 Å². The number of alkyl halides is 3. The van der Waals surface area contributed by atoms with Crippen molar-refractivity contribution < 1.29 is 36.3 Å². The summed E-state index contributed by atoms with van der Waals surface area (Å²) in [6, 6.07) is 3.58. The van der Waals surface area contributed by atoms with Crippen LogP contribution >= 0.6 is 0 Å². The van der Waals surface area contributed by atoms with E-state index < -0.39 is 41.3 Å². The van der Waals surface area contributed by atoms with Crippen molar-refractivity contribution in [1.29, 1.82) is 0 Å². The molecule has 0 spiro atoms. The van der Waals surface area contributed by atoms with E-state index in [1.165, 1.54) is 22.0 Å². The number of amides is 2. The molecular weight excluding hydrogens is 477 g/mol. The van der Waals surface area contributed by atoms with Gasteiger partial charge in [-0.3, -0.25) is 19.1 Å². The topological polar surface area (TPSA) is 89.3 Å². The van der Waals surface area contributed by atoms with E-state index in [0.717, 1.165) is 24.4 Å². The van der Waals surface area contributed by atoms with E-state index in [9.17, 15) is 31.5 Å². The Kier molecular flexibility index (Phi) is 6.78. The van der Waals surface area contributed by atoms with E-state index in [4.69, 9.17) is 4.74 Å². The Morgan fingerprint density at radius 2 is 1.97 bits per heavy atom. The zero-order valence-corrected chi connectivity index (χ0v) is 18.0. The number of hydrogen-bond acceptors (Lipinski definition) is 5. The second-order valence-electron chi connectivity index (χ2n) is 7.58. The molecule has 2 aromatic heterocycles. The van der Waals surface area contributed by atoms with Gasteiger partial charge in [-0.1, -0.05) is 12.1 Å². The average molecular weight is 495 g/mol. The molecule has 35 heavy (non-hydrogen) atoms. The summed E-state index contributed by atoms with van der Waals surface area (Å²) in [6.07, 6.45) is -1.59. The molecule has 13 heteroatoms. The number of hydrogen-bond donors (Lipinski definition) is 1. The number of rotatable bonds is 5. The number of pyridine rings is 1. The Morgan fingerprint density at radius 1 is 1.17 bits per heavy atom. The van der Waals surface area contributed by atoms with Crippen LogP contribution in [0.2, 0.25) is 0 Å². The van der Waals surface area contributed by atoms with Gasteiger partial charge in [-0.15, -0.1) is 0 Å². The van der Waals surface area contributed by atoms with Crippen molar-refractivity contribution in [2.45, 2.75) is 19.0 Å². The number of halogens is 5. The van der Waals surface area contributed by atoms with Crippen molar-refractivity contribution in [2.75, 3.05) is 30.0 Å². The molecule has 1 fully saturated rings. The molecule has 1 aliphatic rings. The van der Waals surface area contributed by atoms with Crippen molar-refractivity contribution in [3.63, 3.8) is 0 Å². The van der Waals surface area contributed by atoms with E-state index >= 15 is 0 Å². The number of anilines is 2. The molecule has 0 atom stereocenters. The molecule has 3 heterocycles. The SMILES string of the molecule is O=C(Cc1cccc(C(F)(F)F)c1F)Nc1cnc(-n2cnc(N3CCOCCC3=O)c2)c(F)c1. The van der Waals surface area contributed by atoms with E-state index in [2.05, 4.69) is 15.3 Å². The largest absolute Gasteiger partial charge is 0.419 e. The molecule has 3 aromatic rings. The maximum Gasteiger partial charge on any atom is 0.419 e. The lowest BCUT2D eigenvalue weighted by molar-refractivity contribution is -0.140. The number of benzene rings is 1. The minimum atomic E-state index is -4.90. The van der Waals surface area contributed by atoms with Crippen LogP contribution in [0.5, 0.6) is 0 Å². The first-order valence-electron chi connectivity index (χ1n) is 10.4. The summed E-state index contributed by atoms with van der Waals surface area (Å²) in [5, 5.41) is 2.28. The minimum absolute atomic E-state index is 0.0798. The summed E-state index contributed by atoms with van der Waals surface area (Å²) >= 11 is 0. The number of nitrogens with one attached hydrogen (secondary N) is 1. The number of carbonyl (C=O) groups excluding carboxylic acids is 2. The normalized spacial score (nSPS) is 14.7. The van der Waals surface area contributed by atoms with Gasteiger partial charge in [-0.2, -0.15) is 13.2 Å². The molecule has 0 unspecified atom stereocenters. The maximum absolute atomic E-state index is 14.7. The number of nitrogens with zero attached hydrogens (tertiary/aromatic N) is 4. The van der Waals surface area contributed by atoms with Gasteiger partial charge >= 0.3 is 6.18 Å². The number of imidazole rings is 1. The zero-order chi connectivity index (χ0) is 25.2. The van der Waals surface area contributed by atoms with Crippen LogP contribution in [0.4, 0.5) is 33.5 Å². The third kappa shape index (κ3) is 5.45. The first-order valence-corrected chi connectivity index (χ1v) is 10.4. The van der Waals surface area contributed by atoms with Crippen molar-refractivity contribution in [1.82, 2.24) is 14.5 Å². The van der Waals surface area contributed by atoms with Gasteiger partial charge in [0, 0.05) is 6.07 Å². The summed E-state index contributed by atoms with van der Waals surface area (Å²) in [5.74, 6) is -3.30. The molecule has 0 saturated carbocycles. The summed E-state index contributed by atoms with van der Waals surface area (Å²) < 4.78 is 73.9. The van der Waals surface area contributed by atoms with Gasteiger partial charge in [0.2, 0.25) is 11.8 Å². The molecule has 0 aliphatic carbocycles. The standard InChI is InChI=1S/C22H18F5N5O3/c23-16-9-14(30-18(33)8-13-2-1-3-15(20(13)24)22(25,26)27)10-28-21(16)31-11-17(29-12-31)32-5-7-35-6-4-19(32)34/h1-3,9-12H,4-8H2,(H,30,33). The lowest BCUT2D eigenvalue weighted by atomic mass is 10.1. The molecule has 2 amide bonds. The van der Waals surface area contributed by atoms with Gasteiger partial charge in [0.05, 0.1) is 56.2 Å². The predicted molar refractivity (Wildman–Crippen MR) is 113 cm³/mol. The van der Waals surface area contributed by atoms with E-state index in [-0.39, 0.29) is 23.8 Å². The Hall–Kier alpha value is -3.87. The van der Waals surface area contributed by atoms with Gasteiger partial charge in [-0.05, 0) is 11.6 Å². The Labute approximate surface area is 195 Å². The van der Waals surface area contributed by atoms with Crippen LogP contribution in [0.1, 0.15) is 17.5 Å². The van der Waals surface area contributed by atoms with Gasteiger partial charge in [-0.25, -0.2) is 18.7 Å². The van der Waals surface area contributed by atoms with Crippen LogP contribution in [-0.2, 0) is 26.9 Å². The second-order valence-corrected chi connectivity index (χ2v) is 7.58. The lowest BCUT2D eigenvalue weighted by Gasteiger charge is -2.16. The third-order valence-corrected chi connectivity index (χ3v) is 5.15. The van der Waals surface area contributed by atoms with Gasteiger partial charge in [0.15, 0.2) is 17.5 Å². The van der Waals surface area contributed by atoms with E-state index in [1.54, 1.807) is 0 Å². The van der Waals surface area contributed by atoms with Crippen LogP contribution in [0, 0.1) is 11.6 Å². The second kappa shape index (κ2) is 9.78. The van der Waals surface area contributed by atoms with Crippen molar-refractivity contribution >= 4 is 23.3 Å². The highest BCUT2D eigenvalue weighted by Crippen LogP contribution is 2.32. The highest BCUT2D eigenvalue weighted by atomic mass is 19.4. The van der Waals surface area contributed by atoms with E-state index in [1.807, 2.05) is 0 Å². The predicted octanol–water partition coefficient (Wildman–Crippen LogP) is 3.50. The fourth-order valence-corrected chi connectivity index (χ4v) is 3.49. The van der Waals surface area contributed by atoms with Gasteiger partial charge in [0.1, 0.15) is 12.1 Å². The highest BCUT2D eigenvalue weighted by molar-refractivity contribution is 5.93. The molecule has 8 nitrogen and oxygen atoms in total. The Bertz CT molecular complexity index is 1260. The smallest absolute Gasteiger partial charge is 0.379 e. The van der Waals surface area contributed by atoms with Crippen molar-refractivity contribution in [3.8, 4) is 5.82 Å². The molecule has 0 radical (unpaired) electrons. The maximum atomic E-state index is 14.7. The average Bonchev–Trinajstić information content (AvgIpc) is 3.16. The molecule has 1 N–H and O–H groups in total. The number of aromatic nitrogens is 3. The fraction of sp³-hybridized carbons (Fsp3) is 0.273. The molecule has 1 aromatic carbocycles. The molecule has 1 aliphatic heterocycles. The summed E-state index contributed by atoms with van der Waals surface area (Å²) in [5.41, 5.74) is -2.01. The Morgan fingerprint density at radius 3 is 2.71 bits per heavy atom. The summed E-state index contributed by atoms with van der Waals surface area (Å²) in [6.45, 7) is 0.938. The molecule has 0 bridgehead atoms. The Balaban J connectivity index is 1.46. The molecular formula is C22H18F5N5O3. The van der Waals surface area contributed by atoms with Gasteiger partial charge in [0.25, 0.3) is 0 Å². The van der Waals surface area contributed by atoms with E-state index in [0.29, 0.717) is 31.6 Å². The number of ether oxygens (including phenoxy) is 1. The quantitative estimate of drug-likeness (QED) is 0.548. The van der Waals surface area contributed by atoms with Crippen LogP contribution < -0.4 is 10.2 Å². The molecule has 1 saturated heterocycles. The van der Waals surface area contributed by atoms with Gasteiger partial charge < -0.3 is 10.1 Å². The fourth-order valence-electron chi connectivity index (χ4n) is 3.49. The molecule has 4 rings (SSSR count). The number of carbonyl (C=O) groups is 2. The molecule has 184 valence electrons. The van der Waals surface area contributed by atoms with Crippen LogP contribution in [0.15, 0.2) is 43.0 Å². The first-order chi connectivity index (χ1) is 16.6. The highest BCUT2D eigenvalue weighted by Gasteiger charge is 2.35. The van der Waals surface area contributed by atoms with Crippen LogP contribution in [0.3, 0.4) is 0 Å². The monoisotopic (exact) mass is 495 g/mol. The summed E-state index contributed by atoms with van der Waals surface area (Å²) in [7, 11) is 0. The zero-order valence-electron chi connectivity index (χ0n) is 18.0. The van der Waals surface area contributed by atoms with Crippen molar-refractivity contribution in [3.05, 3.63) is 65.7 Å². The lowest BCUT2D eigenvalue weighted by Crippen LogP contribution is -2.31. The van der Waals surface area contributed by atoms with Crippen LogP contribution in [-0.4, -0.2) is 46.1 Å².